The summed E-state index contributed by atoms with van der Waals surface area (Å²) in [6.45, 7) is 6.81. The van der Waals surface area contributed by atoms with E-state index in [1.807, 2.05) is 20.8 Å². The Morgan fingerprint density at radius 3 is 2.56 bits per heavy atom. The van der Waals surface area contributed by atoms with Crippen molar-refractivity contribution in [1.29, 1.82) is 0 Å². The van der Waals surface area contributed by atoms with Crippen molar-refractivity contribution in [2.75, 3.05) is 19.6 Å². The lowest BCUT2D eigenvalue weighted by atomic mass is 10.1. The standard InChI is InChI=1S/C10H19N3O3/c1-10(2,3)12-8(14)7-6-13(9(15)16)5-4-11-7/h7,11H,4-6H2,1-3H3,(H,12,14)(H,15,16)/t7-/m0/s1. The van der Waals surface area contributed by atoms with Gasteiger partial charge >= 0.3 is 6.09 Å². The van der Waals surface area contributed by atoms with E-state index >= 15 is 0 Å². The van der Waals surface area contributed by atoms with Crippen molar-refractivity contribution in [3.05, 3.63) is 0 Å². The molecule has 16 heavy (non-hydrogen) atoms. The van der Waals surface area contributed by atoms with E-state index < -0.39 is 12.1 Å². The molecule has 6 nitrogen and oxygen atoms in total. The smallest absolute Gasteiger partial charge is 0.407 e. The average Bonchev–Trinajstić information content (AvgIpc) is 2.15. The fraction of sp³-hybridized carbons (Fsp3) is 0.800. The first-order valence-corrected chi connectivity index (χ1v) is 5.33. The van der Waals surface area contributed by atoms with E-state index in [4.69, 9.17) is 5.11 Å². The van der Waals surface area contributed by atoms with Crippen molar-refractivity contribution >= 4 is 12.0 Å². The second kappa shape index (κ2) is 4.69. The van der Waals surface area contributed by atoms with Gasteiger partial charge in [-0.2, -0.15) is 0 Å². The van der Waals surface area contributed by atoms with Crippen LogP contribution in [0.1, 0.15) is 20.8 Å². The molecule has 1 aliphatic rings. The monoisotopic (exact) mass is 229 g/mol. The van der Waals surface area contributed by atoms with E-state index in [9.17, 15) is 9.59 Å². The van der Waals surface area contributed by atoms with Crippen LogP contribution in [-0.2, 0) is 4.79 Å². The Kier molecular flexibility index (Phi) is 3.74. The van der Waals surface area contributed by atoms with Crippen molar-refractivity contribution in [3.63, 3.8) is 0 Å². The molecule has 1 aliphatic heterocycles. The number of hydrogen-bond acceptors (Lipinski definition) is 3. The molecule has 0 aromatic rings. The highest BCUT2D eigenvalue weighted by molar-refractivity contribution is 5.83. The summed E-state index contributed by atoms with van der Waals surface area (Å²) in [5, 5.41) is 14.7. The van der Waals surface area contributed by atoms with Crippen LogP contribution in [0.5, 0.6) is 0 Å². The Labute approximate surface area is 95.0 Å². The molecule has 0 aromatic carbocycles. The van der Waals surface area contributed by atoms with Crippen molar-refractivity contribution in [2.24, 2.45) is 0 Å². The van der Waals surface area contributed by atoms with E-state index in [1.54, 1.807) is 0 Å². The highest BCUT2D eigenvalue weighted by Gasteiger charge is 2.29. The molecular weight excluding hydrogens is 210 g/mol. The Hall–Kier alpha value is -1.30. The van der Waals surface area contributed by atoms with Gasteiger partial charge in [0.15, 0.2) is 0 Å². The molecular formula is C10H19N3O3. The number of carbonyl (C=O) groups is 2. The van der Waals surface area contributed by atoms with Crippen molar-refractivity contribution < 1.29 is 14.7 Å². The average molecular weight is 229 g/mol. The van der Waals surface area contributed by atoms with E-state index in [0.29, 0.717) is 13.1 Å². The Morgan fingerprint density at radius 2 is 2.06 bits per heavy atom. The van der Waals surface area contributed by atoms with Gasteiger partial charge in [0, 0.05) is 25.2 Å². The fourth-order valence-corrected chi connectivity index (χ4v) is 1.56. The highest BCUT2D eigenvalue weighted by atomic mass is 16.4. The zero-order valence-electron chi connectivity index (χ0n) is 9.91. The minimum Gasteiger partial charge on any atom is -0.465 e. The van der Waals surface area contributed by atoms with Gasteiger partial charge in [0.1, 0.15) is 6.04 Å². The van der Waals surface area contributed by atoms with Gasteiger partial charge in [0.05, 0.1) is 0 Å². The van der Waals surface area contributed by atoms with Crippen molar-refractivity contribution in [2.45, 2.75) is 32.4 Å². The first kappa shape index (κ1) is 12.8. The molecule has 1 atom stereocenters. The number of carbonyl (C=O) groups excluding carboxylic acids is 1. The largest absolute Gasteiger partial charge is 0.465 e. The minimum absolute atomic E-state index is 0.154. The highest BCUT2D eigenvalue weighted by Crippen LogP contribution is 2.03. The lowest BCUT2D eigenvalue weighted by Gasteiger charge is -2.32. The van der Waals surface area contributed by atoms with Crippen LogP contribution >= 0.6 is 0 Å². The number of rotatable bonds is 1. The summed E-state index contributed by atoms with van der Waals surface area (Å²) < 4.78 is 0. The van der Waals surface area contributed by atoms with Crippen molar-refractivity contribution in [3.8, 4) is 0 Å². The maximum atomic E-state index is 11.8. The molecule has 1 saturated heterocycles. The molecule has 2 amide bonds. The molecule has 0 radical (unpaired) electrons. The summed E-state index contributed by atoms with van der Waals surface area (Å²) in [5.41, 5.74) is -0.301. The second-order valence-electron chi connectivity index (χ2n) is 4.97. The number of hydrogen-bond donors (Lipinski definition) is 3. The van der Waals surface area contributed by atoms with Crippen LogP contribution in [0.25, 0.3) is 0 Å². The third-order valence-electron chi connectivity index (χ3n) is 2.26. The van der Waals surface area contributed by atoms with Crippen molar-refractivity contribution in [1.82, 2.24) is 15.5 Å². The molecule has 0 unspecified atom stereocenters. The molecule has 0 spiro atoms. The Balaban J connectivity index is 2.54. The van der Waals surface area contributed by atoms with Gasteiger partial charge in [-0.15, -0.1) is 0 Å². The second-order valence-corrected chi connectivity index (χ2v) is 4.97. The van der Waals surface area contributed by atoms with E-state index in [1.165, 1.54) is 4.90 Å². The molecule has 6 heteroatoms. The maximum absolute atomic E-state index is 11.8. The zero-order valence-corrected chi connectivity index (χ0v) is 9.91. The van der Waals surface area contributed by atoms with Crippen LogP contribution in [-0.4, -0.2) is 53.2 Å². The predicted octanol–water partition coefficient (Wildman–Crippen LogP) is -0.147. The van der Waals surface area contributed by atoms with Gasteiger partial charge < -0.3 is 20.6 Å². The Morgan fingerprint density at radius 1 is 1.44 bits per heavy atom. The van der Waals surface area contributed by atoms with Gasteiger partial charge in [0.2, 0.25) is 5.91 Å². The summed E-state index contributed by atoms with van der Waals surface area (Å²) in [7, 11) is 0. The molecule has 0 bridgehead atoms. The molecule has 1 fully saturated rings. The van der Waals surface area contributed by atoms with Gasteiger partial charge in [0.25, 0.3) is 0 Å². The fourth-order valence-electron chi connectivity index (χ4n) is 1.56. The van der Waals surface area contributed by atoms with Crippen LogP contribution in [0.3, 0.4) is 0 Å². The topological polar surface area (TPSA) is 81.7 Å². The molecule has 0 saturated carbocycles. The quantitative estimate of drug-likeness (QED) is 0.584. The van der Waals surface area contributed by atoms with Crippen LogP contribution in [0.15, 0.2) is 0 Å². The SMILES string of the molecule is CC(C)(C)NC(=O)[C@@H]1CN(C(=O)O)CCN1. The molecule has 0 aliphatic carbocycles. The number of nitrogens with zero attached hydrogens (tertiary/aromatic N) is 1. The van der Waals surface area contributed by atoms with Crippen LogP contribution in [0.4, 0.5) is 4.79 Å². The summed E-state index contributed by atoms with van der Waals surface area (Å²) in [6.07, 6.45) is -0.977. The number of carboxylic acid groups (broad SMARTS) is 1. The molecule has 0 aromatic heterocycles. The lowest BCUT2D eigenvalue weighted by Crippen LogP contribution is -2.60. The molecule has 3 N–H and O–H groups in total. The lowest BCUT2D eigenvalue weighted by molar-refractivity contribution is -0.125. The minimum atomic E-state index is -0.977. The van der Waals surface area contributed by atoms with Crippen LogP contribution in [0.2, 0.25) is 0 Å². The normalized spacial score (nSPS) is 21.7. The van der Waals surface area contributed by atoms with Crippen LogP contribution in [0, 0.1) is 0 Å². The van der Waals surface area contributed by atoms with E-state index in [2.05, 4.69) is 10.6 Å². The van der Waals surface area contributed by atoms with E-state index in [0.717, 1.165) is 0 Å². The molecule has 1 heterocycles. The number of nitrogens with one attached hydrogen (secondary N) is 2. The zero-order chi connectivity index (χ0) is 12.3. The third-order valence-corrected chi connectivity index (χ3v) is 2.26. The summed E-state index contributed by atoms with van der Waals surface area (Å²) in [5.74, 6) is -0.154. The predicted molar refractivity (Wildman–Crippen MR) is 59.3 cm³/mol. The maximum Gasteiger partial charge on any atom is 0.407 e. The van der Waals surface area contributed by atoms with E-state index in [-0.39, 0.29) is 18.0 Å². The van der Waals surface area contributed by atoms with Gasteiger partial charge in [-0.3, -0.25) is 4.79 Å². The van der Waals surface area contributed by atoms with Gasteiger partial charge in [-0.1, -0.05) is 0 Å². The van der Waals surface area contributed by atoms with Gasteiger partial charge in [-0.25, -0.2) is 4.79 Å². The Bertz CT molecular complexity index is 286. The number of piperazine rings is 1. The first-order valence-electron chi connectivity index (χ1n) is 5.33. The summed E-state index contributed by atoms with van der Waals surface area (Å²) >= 11 is 0. The third kappa shape index (κ3) is 3.69. The van der Waals surface area contributed by atoms with Gasteiger partial charge in [-0.05, 0) is 20.8 Å². The summed E-state index contributed by atoms with van der Waals surface area (Å²) in [6, 6.07) is -0.455. The molecule has 1 rings (SSSR count). The van der Waals surface area contributed by atoms with Crippen LogP contribution < -0.4 is 10.6 Å². The molecule has 92 valence electrons. The number of amides is 2. The summed E-state index contributed by atoms with van der Waals surface area (Å²) in [4.78, 5) is 23.8. The first-order chi connectivity index (χ1) is 7.29.